The SMILES string of the molecule is CN(C)C(CNC1CCCc2sccc21)c1cccs1. The van der Waals surface area contributed by atoms with Crippen LogP contribution < -0.4 is 5.32 Å². The summed E-state index contributed by atoms with van der Waals surface area (Å²) in [6.45, 7) is 1.02. The van der Waals surface area contributed by atoms with Gasteiger partial charge in [-0.1, -0.05) is 6.07 Å². The number of nitrogens with zero attached hydrogens (tertiary/aromatic N) is 1. The molecule has 2 heterocycles. The Morgan fingerprint density at radius 3 is 2.95 bits per heavy atom. The van der Waals surface area contributed by atoms with Gasteiger partial charge in [-0.3, -0.25) is 0 Å². The summed E-state index contributed by atoms with van der Waals surface area (Å²) in [5.41, 5.74) is 1.55. The van der Waals surface area contributed by atoms with Crippen LogP contribution in [0.5, 0.6) is 0 Å². The van der Waals surface area contributed by atoms with Crippen LogP contribution in [0.25, 0.3) is 0 Å². The van der Waals surface area contributed by atoms with E-state index in [2.05, 4.69) is 53.3 Å². The highest BCUT2D eigenvalue weighted by atomic mass is 32.1. The minimum Gasteiger partial charge on any atom is -0.308 e. The molecule has 0 radical (unpaired) electrons. The van der Waals surface area contributed by atoms with Gasteiger partial charge in [-0.25, -0.2) is 0 Å². The van der Waals surface area contributed by atoms with Gasteiger partial charge in [0.25, 0.3) is 0 Å². The van der Waals surface area contributed by atoms with Gasteiger partial charge >= 0.3 is 0 Å². The standard InChI is InChI=1S/C16H22N2S2/c1-18(2)14(16-7-4-9-19-16)11-17-13-5-3-6-15-12(13)8-10-20-15/h4,7-10,13-14,17H,3,5-6,11H2,1-2H3. The Balaban J connectivity index is 1.67. The molecule has 3 rings (SSSR count). The Morgan fingerprint density at radius 2 is 2.20 bits per heavy atom. The zero-order valence-electron chi connectivity index (χ0n) is 12.1. The van der Waals surface area contributed by atoms with Crippen LogP contribution in [0.1, 0.15) is 40.2 Å². The Labute approximate surface area is 129 Å². The van der Waals surface area contributed by atoms with Gasteiger partial charge in [0.05, 0.1) is 6.04 Å². The second-order valence-corrected chi connectivity index (χ2v) is 7.63. The van der Waals surface area contributed by atoms with Crippen molar-refractivity contribution in [2.24, 2.45) is 0 Å². The summed E-state index contributed by atoms with van der Waals surface area (Å²) in [6.07, 6.45) is 3.86. The molecule has 20 heavy (non-hydrogen) atoms. The highest BCUT2D eigenvalue weighted by molar-refractivity contribution is 7.10. The maximum absolute atomic E-state index is 3.81. The van der Waals surface area contributed by atoms with E-state index in [0.29, 0.717) is 12.1 Å². The Kier molecular flexibility index (Phi) is 4.56. The van der Waals surface area contributed by atoms with Gasteiger partial charge < -0.3 is 10.2 Å². The number of hydrogen-bond donors (Lipinski definition) is 1. The highest BCUT2D eigenvalue weighted by Crippen LogP contribution is 2.34. The van der Waals surface area contributed by atoms with Crippen LogP contribution in [0.15, 0.2) is 29.0 Å². The second kappa shape index (κ2) is 6.39. The lowest BCUT2D eigenvalue weighted by Gasteiger charge is -2.29. The molecule has 0 fully saturated rings. The number of nitrogens with one attached hydrogen (secondary N) is 1. The van der Waals surface area contributed by atoms with E-state index in [1.165, 1.54) is 24.1 Å². The Hall–Kier alpha value is -0.680. The molecular weight excluding hydrogens is 284 g/mol. The monoisotopic (exact) mass is 306 g/mol. The van der Waals surface area contributed by atoms with Gasteiger partial charge in [-0.2, -0.15) is 0 Å². The van der Waals surface area contributed by atoms with Crippen molar-refractivity contribution in [3.8, 4) is 0 Å². The molecule has 1 N–H and O–H groups in total. The third-order valence-electron chi connectivity index (χ3n) is 4.10. The molecule has 2 atom stereocenters. The maximum Gasteiger partial charge on any atom is 0.0561 e. The molecule has 2 nitrogen and oxygen atoms in total. The number of likely N-dealkylation sites (N-methyl/N-ethyl adjacent to an activating group) is 1. The summed E-state index contributed by atoms with van der Waals surface area (Å²) < 4.78 is 0. The van der Waals surface area contributed by atoms with Gasteiger partial charge in [0.2, 0.25) is 0 Å². The molecule has 1 aliphatic carbocycles. The van der Waals surface area contributed by atoms with Crippen LogP contribution in [0.3, 0.4) is 0 Å². The van der Waals surface area contributed by atoms with Gasteiger partial charge in [-0.15, -0.1) is 22.7 Å². The number of hydrogen-bond acceptors (Lipinski definition) is 4. The molecule has 2 unspecified atom stereocenters. The summed E-state index contributed by atoms with van der Waals surface area (Å²) in [5, 5.41) is 8.22. The van der Waals surface area contributed by atoms with Crippen LogP contribution >= 0.6 is 22.7 Å². The van der Waals surface area contributed by atoms with Crippen molar-refractivity contribution in [1.29, 1.82) is 0 Å². The molecule has 0 spiro atoms. The molecule has 0 saturated carbocycles. The Morgan fingerprint density at radius 1 is 1.30 bits per heavy atom. The van der Waals surface area contributed by atoms with E-state index in [9.17, 15) is 0 Å². The van der Waals surface area contributed by atoms with E-state index in [-0.39, 0.29) is 0 Å². The molecule has 108 valence electrons. The zero-order valence-corrected chi connectivity index (χ0v) is 13.8. The smallest absolute Gasteiger partial charge is 0.0561 e. The predicted octanol–water partition coefficient (Wildman–Crippen LogP) is 4.08. The fourth-order valence-corrected chi connectivity index (χ4v) is 4.88. The van der Waals surface area contributed by atoms with Crippen molar-refractivity contribution < 1.29 is 0 Å². The molecule has 0 bridgehead atoms. The third-order valence-corrected chi connectivity index (χ3v) is 6.07. The summed E-state index contributed by atoms with van der Waals surface area (Å²) in [4.78, 5) is 5.35. The van der Waals surface area contributed by atoms with Crippen molar-refractivity contribution in [3.63, 3.8) is 0 Å². The van der Waals surface area contributed by atoms with E-state index in [1.807, 2.05) is 22.7 Å². The van der Waals surface area contributed by atoms with Crippen molar-refractivity contribution in [2.45, 2.75) is 31.3 Å². The second-order valence-electron chi connectivity index (χ2n) is 5.65. The first-order valence-electron chi connectivity index (χ1n) is 7.25. The first-order chi connectivity index (χ1) is 9.75. The first kappa shape index (κ1) is 14.3. The topological polar surface area (TPSA) is 15.3 Å². The fourth-order valence-electron chi connectivity index (χ4n) is 2.97. The van der Waals surface area contributed by atoms with E-state index in [0.717, 1.165) is 6.54 Å². The van der Waals surface area contributed by atoms with Crippen LogP contribution in [0, 0.1) is 0 Å². The van der Waals surface area contributed by atoms with E-state index in [4.69, 9.17) is 0 Å². The number of aryl methyl sites for hydroxylation is 1. The lowest BCUT2D eigenvalue weighted by atomic mass is 9.94. The molecule has 0 aliphatic heterocycles. The normalized spacial score (nSPS) is 20.1. The first-order valence-corrected chi connectivity index (χ1v) is 9.01. The predicted molar refractivity (Wildman–Crippen MR) is 88.7 cm³/mol. The molecular formula is C16H22N2S2. The molecule has 0 saturated heterocycles. The summed E-state index contributed by atoms with van der Waals surface area (Å²) in [5.74, 6) is 0. The zero-order chi connectivity index (χ0) is 13.9. The molecule has 2 aromatic rings. The largest absolute Gasteiger partial charge is 0.308 e. The quantitative estimate of drug-likeness (QED) is 0.895. The lowest BCUT2D eigenvalue weighted by Crippen LogP contribution is -2.33. The van der Waals surface area contributed by atoms with Crippen LogP contribution in [0.4, 0.5) is 0 Å². The molecule has 1 aliphatic rings. The van der Waals surface area contributed by atoms with Gasteiger partial charge in [-0.05, 0) is 61.8 Å². The van der Waals surface area contributed by atoms with Crippen LogP contribution in [0.2, 0.25) is 0 Å². The van der Waals surface area contributed by atoms with Crippen molar-refractivity contribution in [2.75, 3.05) is 20.6 Å². The number of rotatable bonds is 5. The van der Waals surface area contributed by atoms with Gasteiger partial charge in [0.1, 0.15) is 0 Å². The minimum absolute atomic E-state index is 0.471. The molecule has 0 amide bonds. The number of fused-ring (bicyclic) bond motifs is 1. The van der Waals surface area contributed by atoms with E-state index >= 15 is 0 Å². The molecule has 2 aromatic heterocycles. The molecule has 4 heteroatoms. The van der Waals surface area contributed by atoms with Crippen molar-refractivity contribution in [3.05, 3.63) is 44.3 Å². The minimum atomic E-state index is 0.471. The maximum atomic E-state index is 3.81. The lowest BCUT2D eigenvalue weighted by molar-refractivity contribution is 0.279. The number of thiophene rings is 2. The van der Waals surface area contributed by atoms with Crippen molar-refractivity contribution >= 4 is 22.7 Å². The highest BCUT2D eigenvalue weighted by Gasteiger charge is 2.23. The molecule has 0 aromatic carbocycles. The van der Waals surface area contributed by atoms with Crippen LogP contribution in [-0.4, -0.2) is 25.5 Å². The third kappa shape index (κ3) is 2.98. The van der Waals surface area contributed by atoms with Crippen LogP contribution in [-0.2, 0) is 6.42 Å². The van der Waals surface area contributed by atoms with Gasteiger partial charge in [0.15, 0.2) is 0 Å². The average molecular weight is 306 g/mol. The van der Waals surface area contributed by atoms with Crippen molar-refractivity contribution in [1.82, 2.24) is 10.2 Å². The fraction of sp³-hybridized carbons (Fsp3) is 0.500. The van der Waals surface area contributed by atoms with Gasteiger partial charge in [0, 0.05) is 22.3 Å². The van der Waals surface area contributed by atoms with E-state index < -0.39 is 0 Å². The van der Waals surface area contributed by atoms with E-state index in [1.54, 1.807) is 10.4 Å². The summed E-state index contributed by atoms with van der Waals surface area (Å²) >= 11 is 3.77. The summed E-state index contributed by atoms with van der Waals surface area (Å²) in [7, 11) is 4.34. The summed E-state index contributed by atoms with van der Waals surface area (Å²) in [6, 6.07) is 7.72. The Bertz CT molecular complexity index is 530. The average Bonchev–Trinajstić information content (AvgIpc) is 3.09.